The molecule has 1 N–H and O–H groups in total. The van der Waals surface area contributed by atoms with Crippen molar-refractivity contribution in [2.75, 3.05) is 0 Å². The molecular formula is C3H6BrNaO2. The number of carbonyl (C=O) groups is 1. The van der Waals surface area contributed by atoms with Crippen LogP contribution in [-0.2, 0) is 4.79 Å². The van der Waals surface area contributed by atoms with Crippen LogP contribution in [0.3, 0.4) is 0 Å². The summed E-state index contributed by atoms with van der Waals surface area (Å²) in [4.78, 5) is 9.23. The van der Waals surface area contributed by atoms with Crippen LogP contribution in [0.5, 0.6) is 0 Å². The molecule has 0 aromatic carbocycles. The topological polar surface area (TPSA) is 37.3 Å². The number of aliphatic carboxylic acids is 1. The zero-order valence-corrected chi connectivity index (χ0v) is 7.90. The summed E-state index contributed by atoms with van der Waals surface area (Å²) in [5, 5.41) is 7.94. The van der Waals surface area contributed by atoms with Crippen molar-refractivity contribution in [3.05, 3.63) is 0 Å². The van der Waals surface area contributed by atoms with Crippen LogP contribution in [-0.4, -0.2) is 15.9 Å². The van der Waals surface area contributed by atoms with E-state index in [0.29, 0.717) is 0 Å². The molecule has 0 spiro atoms. The Morgan fingerprint density at radius 1 is 2.00 bits per heavy atom. The van der Waals surface area contributed by atoms with Gasteiger partial charge in [-0.2, -0.15) is 0 Å². The maximum atomic E-state index is 9.65. The summed E-state index contributed by atoms with van der Waals surface area (Å²) in [6.07, 6.45) is 0. The molecule has 0 aromatic rings. The predicted molar refractivity (Wildman–Crippen MR) is 27.1 cm³/mol. The Hall–Kier alpha value is 0.950. The van der Waals surface area contributed by atoms with Gasteiger partial charge in [0.25, 0.3) is 0 Å². The van der Waals surface area contributed by atoms with Crippen molar-refractivity contribution in [1.82, 2.24) is 0 Å². The quantitative estimate of drug-likeness (QED) is 0.370. The van der Waals surface area contributed by atoms with Gasteiger partial charge in [-0.1, -0.05) is 15.9 Å². The Labute approximate surface area is 74.2 Å². The average molecular weight is 177 g/mol. The number of carboxylic acid groups (broad SMARTS) is 1. The molecule has 0 aromatic heterocycles. The van der Waals surface area contributed by atoms with E-state index >= 15 is 0 Å². The second-order valence-corrected chi connectivity index (χ2v) is 2.33. The number of hydrogen-bond donors (Lipinski definition) is 1. The van der Waals surface area contributed by atoms with Crippen LogP contribution in [0.4, 0.5) is 0 Å². The van der Waals surface area contributed by atoms with Crippen LogP contribution in [0.2, 0.25) is 0 Å². The largest absolute Gasteiger partial charge is 1.00 e. The van der Waals surface area contributed by atoms with Gasteiger partial charge >= 0.3 is 35.5 Å². The molecule has 0 saturated carbocycles. The molecule has 0 radical (unpaired) electrons. The van der Waals surface area contributed by atoms with Gasteiger partial charge in [0, 0.05) is 0 Å². The molecule has 0 aliphatic rings. The summed E-state index contributed by atoms with van der Waals surface area (Å²) < 4.78 is 0. The van der Waals surface area contributed by atoms with E-state index in [0.717, 1.165) is 0 Å². The fourth-order valence-corrected chi connectivity index (χ4v) is 0. The van der Waals surface area contributed by atoms with Crippen LogP contribution < -0.4 is 29.6 Å². The van der Waals surface area contributed by atoms with E-state index in [1.165, 1.54) is 0 Å². The number of halogens is 1. The van der Waals surface area contributed by atoms with Crippen molar-refractivity contribution < 1.29 is 40.9 Å². The second-order valence-electron chi connectivity index (χ2n) is 0.954. The molecule has 0 bridgehead atoms. The van der Waals surface area contributed by atoms with E-state index in [1.54, 1.807) is 6.92 Å². The summed E-state index contributed by atoms with van der Waals surface area (Å²) in [5.74, 6) is -0.824. The van der Waals surface area contributed by atoms with Crippen molar-refractivity contribution in [1.29, 1.82) is 0 Å². The molecule has 0 amide bonds. The fourth-order valence-electron chi connectivity index (χ4n) is 0. The first-order valence-electron chi connectivity index (χ1n) is 1.51. The monoisotopic (exact) mass is 176 g/mol. The van der Waals surface area contributed by atoms with Crippen molar-refractivity contribution in [2.24, 2.45) is 0 Å². The summed E-state index contributed by atoms with van der Waals surface area (Å²) in [6.45, 7) is 1.56. The van der Waals surface area contributed by atoms with Crippen LogP contribution in [0.1, 0.15) is 8.35 Å². The van der Waals surface area contributed by atoms with Gasteiger partial charge in [-0.05, 0) is 6.92 Å². The van der Waals surface area contributed by atoms with Gasteiger partial charge in [0.2, 0.25) is 0 Å². The van der Waals surface area contributed by atoms with E-state index in [2.05, 4.69) is 15.9 Å². The first-order valence-corrected chi connectivity index (χ1v) is 2.43. The molecule has 0 saturated heterocycles. The molecule has 1 atom stereocenters. The third kappa shape index (κ3) is 6.95. The standard InChI is InChI=1S/C3H5BrO2.Na.H/c1-2(4)3(5)6;;/h2H,1H3,(H,5,6);;/q;+1;-1/t2-;;/m1../s1. The van der Waals surface area contributed by atoms with Crippen molar-refractivity contribution in [2.45, 2.75) is 11.8 Å². The molecule has 0 aliphatic heterocycles. The average Bonchev–Trinajstić information content (AvgIpc) is 1.36. The van der Waals surface area contributed by atoms with Crippen LogP contribution in [0.15, 0.2) is 0 Å². The molecule has 2 nitrogen and oxygen atoms in total. The molecule has 4 heteroatoms. The van der Waals surface area contributed by atoms with Gasteiger partial charge in [-0.15, -0.1) is 0 Å². The minimum atomic E-state index is -0.824. The molecule has 0 aliphatic carbocycles. The molecule has 7 heavy (non-hydrogen) atoms. The molecular weight excluding hydrogens is 171 g/mol. The SMILES string of the molecule is C[C@@H](Br)C(=O)O.[H-].[Na+]. The van der Waals surface area contributed by atoms with E-state index in [-0.39, 0.29) is 31.0 Å². The first kappa shape index (κ1) is 10.8. The molecule has 0 heterocycles. The maximum absolute atomic E-state index is 9.65. The van der Waals surface area contributed by atoms with Gasteiger partial charge in [0.1, 0.15) is 4.83 Å². The van der Waals surface area contributed by atoms with Gasteiger partial charge in [0.05, 0.1) is 0 Å². The molecule has 38 valence electrons. The van der Waals surface area contributed by atoms with Crippen molar-refractivity contribution in [3.8, 4) is 0 Å². The minimum absolute atomic E-state index is 0. The Kier molecular flexibility index (Phi) is 7.89. The first-order chi connectivity index (χ1) is 2.64. The Balaban J connectivity index is -0.000000125. The minimum Gasteiger partial charge on any atom is -1.00 e. The Morgan fingerprint density at radius 3 is 2.14 bits per heavy atom. The fraction of sp³-hybridized carbons (Fsp3) is 0.667. The number of alkyl halides is 1. The second kappa shape index (κ2) is 5.09. The van der Waals surface area contributed by atoms with Crippen LogP contribution in [0, 0.1) is 0 Å². The van der Waals surface area contributed by atoms with Gasteiger partial charge < -0.3 is 6.53 Å². The van der Waals surface area contributed by atoms with Gasteiger partial charge in [-0.25, -0.2) is 0 Å². The summed E-state index contributed by atoms with van der Waals surface area (Å²) in [6, 6.07) is 0. The normalized spacial score (nSPS) is 11.7. The Bertz CT molecular complexity index is 68.3. The predicted octanol–water partition coefficient (Wildman–Crippen LogP) is -2.03. The van der Waals surface area contributed by atoms with E-state index < -0.39 is 10.8 Å². The summed E-state index contributed by atoms with van der Waals surface area (Å²) >= 11 is 2.84. The molecule has 0 unspecified atom stereocenters. The van der Waals surface area contributed by atoms with E-state index in [1.807, 2.05) is 0 Å². The summed E-state index contributed by atoms with van der Waals surface area (Å²) in [5.41, 5.74) is 0. The van der Waals surface area contributed by atoms with Crippen LogP contribution >= 0.6 is 15.9 Å². The molecule has 0 fully saturated rings. The number of hydrogen-bond acceptors (Lipinski definition) is 1. The third-order valence-electron chi connectivity index (χ3n) is 0.340. The third-order valence-corrected chi connectivity index (χ3v) is 0.732. The van der Waals surface area contributed by atoms with Crippen LogP contribution in [0.25, 0.3) is 0 Å². The number of rotatable bonds is 1. The van der Waals surface area contributed by atoms with Gasteiger partial charge in [-0.3, -0.25) is 4.79 Å². The maximum Gasteiger partial charge on any atom is 1.00 e. The van der Waals surface area contributed by atoms with E-state index in [9.17, 15) is 4.79 Å². The zero-order valence-electron chi connectivity index (χ0n) is 5.31. The van der Waals surface area contributed by atoms with Crippen molar-refractivity contribution in [3.63, 3.8) is 0 Å². The van der Waals surface area contributed by atoms with Crippen molar-refractivity contribution >= 4 is 21.9 Å². The Morgan fingerprint density at radius 2 is 2.14 bits per heavy atom. The number of carboxylic acids is 1. The van der Waals surface area contributed by atoms with E-state index in [4.69, 9.17) is 5.11 Å². The summed E-state index contributed by atoms with van der Waals surface area (Å²) in [7, 11) is 0. The smallest absolute Gasteiger partial charge is 1.00 e. The van der Waals surface area contributed by atoms with Gasteiger partial charge in [0.15, 0.2) is 0 Å². The zero-order chi connectivity index (χ0) is 5.15. The molecule has 0 rings (SSSR count).